The first-order valence-electron chi connectivity index (χ1n) is 12.4. The number of benzene rings is 4. The SMILES string of the molecule is CCN(CC)P1N([C@@H](C)c2cccc3ccccc23)C=CN1[C@@H](C)c1cccc2ccccc12. The summed E-state index contributed by atoms with van der Waals surface area (Å²) in [5.74, 6) is 0. The van der Waals surface area contributed by atoms with Gasteiger partial charge in [-0.1, -0.05) is 98.8 Å². The third-order valence-corrected chi connectivity index (χ3v) is 9.97. The van der Waals surface area contributed by atoms with Gasteiger partial charge in [-0.05, 0) is 46.5 Å². The van der Waals surface area contributed by atoms with Gasteiger partial charge in [0.25, 0.3) is 0 Å². The van der Waals surface area contributed by atoms with E-state index in [1.807, 2.05) is 0 Å². The quantitative estimate of drug-likeness (QED) is 0.252. The zero-order chi connectivity index (χ0) is 23.7. The van der Waals surface area contributed by atoms with Crippen molar-refractivity contribution >= 4 is 29.9 Å². The molecule has 5 rings (SSSR count). The largest absolute Gasteiger partial charge is 0.319 e. The van der Waals surface area contributed by atoms with Gasteiger partial charge in [-0.2, -0.15) is 0 Å². The maximum absolute atomic E-state index is 2.62. The van der Waals surface area contributed by atoms with Gasteiger partial charge < -0.3 is 9.34 Å². The van der Waals surface area contributed by atoms with Gasteiger partial charge in [0.15, 0.2) is 8.37 Å². The van der Waals surface area contributed by atoms with Gasteiger partial charge in [0, 0.05) is 25.5 Å². The molecule has 4 aromatic carbocycles. The Bertz CT molecular complexity index is 1210. The van der Waals surface area contributed by atoms with Crippen molar-refractivity contribution in [1.29, 1.82) is 0 Å². The fourth-order valence-electron chi connectivity index (χ4n) is 5.23. The van der Waals surface area contributed by atoms with Gasteiger partial charge in [-0.3, -0.25) is 0 Å². The van der Waals surface area contributed by atoms with E-state index in [-0.39, 0.29) is 12.1 Å². The Morgan fingerprint density at radius 3 is 1.47 bits per heavy atom. The predicted molar refractivity (Wildman–Crippen MR) is 147 cm³/mol. The number of hydrogen-bond donors (Lipinski definition) is 0. The summed E-state index contributed by atoms with van der Waals surface area (Å²) in [7, 11) is -0.684. The molecule has 1 aliphatic rings. The molecule has 0 saturated heterocycles. The van der Waals surface area contributed by atoms with Gasteiger partial charge in [-0.25, -0.2) is 4.67 Å². The van der Waals surface area contributed by atoms with Crippen LogP contribution < -0.4 is 0 Å². The van der Waals surface area contributed by atoms with Crippen LogP contribution in [0.4, 0.5) is 0 Å². The summed E-state index contributed by atoms with van der Waals surface area (Å²) >= 11 is 0. The Labute approximate surface area is 205 Å². The second-order valence-electron chi connectivity index (χ2n) is 8.95. The van der Waals surface area contributed by atoms with E-state index in [2.05, 4.69) is 139 Å². The van der Waals surface area contributed by atoms with Crippen molar-refractivity contribution < 1.29 is 0 Å². The summed E-state index contributed by atoms with van der Waals surface area (Å²) in [5.41, 5.74) is 2.78. The normalized spacial score (nSPS) is 16.1. The van der Waals surface area contributed by atoms with Crippen LogP contribution in [0.25, 0.3) is 21.5 Å². The Balaban J connectivity index is 1.54. The van der Waals surface area contributed by atoms with Crippen LogP contribution in [0.15, 0.2) is 97.3 Å². The number of nitrogens with zero attached hydrogens (tertiary/aromatic N) is 3. The highest BCUT2D eigenvalue weighted by molar-refractivity contribution is 7.50. The molecule has 4 aromatic rings. The van der Waals surface area contributed by atoms with Gasteiger partial charge in [0.2, 0.25) is 0 Å². The molecule has 0 spiro atoms. The molecule has 3 nitrogen and oxygen atoms in total. The van der Waals surface area contributed by atoms with Gasteiger partial charge >= 0.3 is 0 Å². The van der Waals surface area contributed by atoms with Crippen LogP contribution in [0.1, 0.15) is 50.9 Å². The fourth-order valence-corrected chi connectivity index (χ4v) is 7.78. The van der Waals surface area contributed by atoms with E-state index in [1.165, 1.54) is 32.7 Å². The van der Waals surface area contributed by atoms with E-state index in [0.717, 1.165) is 13.1 Å². The van der Waals surface area contributed by atoms with Crippen LogP contribution in [-0.4, -0.2) is 27.1 Å². The Morgan fingerprint density at radius 2 is 1.03 bits per heavy atom. The average Bonchev–Trinajstić information content (AvgIpc) is 3.33. The van der Waals surface area contributed by atoms with Crippen molar-refractivity contribution in [2.75, 3.05) is 13.1 Å². The monoisotopic (exact) mass is 467 g/mol. The van der Waals surface area contributed by atoms with Crippen molar-refractivity contribution in [1.82, 2.24) is 14.0 Å². The summed E-state index contributed by atoms with van der Waals surface area (Å²) in [6.45, 7) is 11.3. The van der Waals surface area contributed by atoms with E-state index in [0.29, 0.717) is 0 Å². The molecule has 1 heterocycles. The van der Waals surface area contributed by atoms with Crippen LogP contribution in [0.5, 0.6) is 0 Å². The molecule has 0 N–H and O–H groups in total. The van der Waals surface area contributed by atoms with E-state index < -0.39 is 8.37 Å². The molecule has 0 unspecified atom stereocenters. The minimum atomic E-state index is -0.684. The van der Waals surface area contributed by atoms with Gasteiger partial charge in [-0.15, -0.1) is 0 Å². The van der Waals surface area contributed by atoms with Crippen LogP contribution in [0.2, 0.25) is 0 Å². The molecule has 0 fully saturated rings. The molecule has 4 heteroatoms. The first-order valence-corrected chi connectivity index (χ1v) is 13.6. The first-order chi connectivity index (χ1) is 16.6. The molecule has 0 aromatic heterocycles. The molecule has 0 bridgehead atoms. The second kappa shape index (κ2) is 9.78. The lowest BCUT2D eigenvalue weighted by Gasteiger charge is -2.43. The van der Waals surface area contributed by atoms with E-state index in [4.69, 9.17) is 0 Å². The molecule has 0 saturated carbocycles. The Morgan fingerprint density at radius 1 is 0.618 bits per heavy atom. The molecule has 2 atom stereocenters. The Kier molecular flexibility index (Phi) is 6.59. The number of fused-ring (bicyclic) bond motifs is 2. The number of rotatable bonds is 7. The maximum atomic E-state index is 2.62. The average molecular weight is 468 g/mol. The van der Waals surface area contributed by atoms with Crippen molar-refractivity contribution in [3.05, 3.63) is 108 Å². The highest BCUT2D eigenvalue weighted by atomic mass is 31.2. The van der Waals surface area contributed by atoms with Crippen LogP contribution in [0, 0.1) is 0 Å². The van der Waals surface area contributed by atoms with Crippen LogP contribution in [0.3, 0.4) is 0 Å². The zero-order valence-electron chi connectivity index (χ0n) is 20.6. The van der Waals surface area contributed by atoms with E-state index in [1.54, 1.807) is 0 Å². The molecular weight excluding hydrogens is 433 g/mol. The molecule has 0 aliphatic carbocycles. The molecule has 34 heavy (non-hydrogen) atoms. The van der Waals surface area contributed by atoms with E-state index in [9.17, 15) is 0 Å². The maximum Gasteiger partial charge on any atom is 0.178 e. The predicted octanol–water partition coefficient (Wildman–Crippen LogP) is 8.47. The highest BCUT2D eigenvalue weighted by Gasteiger charge is 2.38. The second-order valence-corrected chi connectivity index (χ2v) is 11.0. The lowest BCUT2D eigenvalue weighted by atomic mass is 10.00. The first kappa shape index (κ1) is 22.9. The summed E-state index contributed by atoms with van der Waals surface area (Å²) in [6.07, 6.45) is 4.66. The smallest absolute Gasteiger partial charge is 0.178 e. The molecular formula is C30H34N3P. The van der Waals surface area contributed by atoms with E-state index >= 15 is 0 Å². The summed E-state index contributed by atoms with van der Waals surface area (Å²) in [6, 6.07) is 31.5. The standard InChI is InChI=1S/C30H34N3P/c1-5-31(6-2)34-32(23(3)27-19-11-15-25-13-7-9-17-29(25)27)21-22-33(34)24(4)28-20-12-16-26-14-8-10-18-30(26)28/h7-24H,5-6H2,1-4H3/t23-,24-/m0/s1. The minimum Gasteiger partial charge on any atom is -0.319 e. The van der Waals surface area contributed by atoms with Crippen LogP contribution >= 0.6 is 8.37 Å². The van der Waals surface area contributed by atoms with Crippen molar-refractivity contribution in [2.24, 2.45) is 0 Å². The van der Waals surface area contributed by atoms with Gasteiger partial charge in [0.05, 0.1) is 12.1 Å². The lowest BCUT2D eigenvalue weighted by Crippen LogP contribution is -2.32. The van der Waals surface area contributed by atoms with Crippen molar-refractivity contribution in [3.63, 3.8) is 0 Å². The Hall–Kier alpha value is -2.87. The molecule has 0 amide bonds. The molecule has 0 radical (unpaired) electrons. The topological polar surface area (TPSA) is 9.72 Å². The summed E-state index contributed by atoms with van der Waals surface area (Å²) in [4.78, 5) is 0. The fraction of sp³-hybridized carbons (Fsp3) is 0.267. The third kappa shape index (κ3) is 3.98. The third-order valence-electron chi connectivity index (χ3n) is 7.11. The summed E-state index contributed by atoms with van der Waals surface area (Å²) < 4.78 is 7.83. The zero-order valence-corrected chi connectivity index (χ0v) is 21.5. The minimum absolute atomic E-state index is 0.277. The molecule has 174 valence electrons. The number of hydrogen-bond acceptors (Lipinski definition) is 3. The molecule has 1 aliphatic heterocycles. The van der Waals surface area contributed by atoms with Gasteiger partial charge in [0.1, 0.15) is 0 Å². The van der Waals surface area contributed by atoms with Crippen LogP contribution in [-0.2, 0) is 0 Å². The van der Waals surface area contributed by atoms with Crippen molar-refractivity contribution in [2.45, 2.75) is 39.8 Å². The highest BCUT2D eigenvalue weighted by Crippen LogP contribution is 2.59. The summed E-state index contributed by atoms with van der Waals surface area (Å²) in [5, 5.41) is 5.31. The lowest BCUT2D eigenvalue weighted by molar-refractivity contribution is 0.373. The van der Waals surface area contributed by atoms with Crippen molar-refractivity contribution in [3.8, 4) is 0 Å².